The summed E-state index contributed by atoms with van der Waals surface area (Å²) in [6.07, 6.45) is 0. The average Bonchev–Trinajstić information content (AvgIpc) is 3.29. The third kappa shape index (κ3) is 4.05. The Kier molecular flexibility index (Phi) is 6.10. The second kappa shape index (κ2) is 10.1. The van der Waals surface area contributed by atoms with Gasteiger partial charge < -0.3 is 0 Å². The first-order chi connectivity index (χ1) is 21.4. The van der Waals surface area contributed by atoms with E-state index in [-0.39, 0.29) is 5.41 Å². The minimum Gasteiger partial charge on any atom is -0.0619 e. The molecule has 1 aliphatic carbocycles. The van der Waals surface area contributed by atoms with Gasteiger partial charge in [-0.3, -0.25) is 0 Å². The van der Waals surface area contributed by atoms with Crippen LogP contribution in [0.4, 0.5) is 0 Å². The topological polar surface area (TPSA) is 0 Å². The minimum absolute atomic E-state index is 0.0374. The maximum Gasteiger partial charge on any atom is 0.0159 e. The van der Waals surface area contributed by atoms with Gasteiger partial charge in [0, 0.05) is 5.41 Å². The highest BCUT2D eigenvalue weighted by Crippen LogP contribution is 2.51. The molecule has 0 spiro atoms. The number of benzene rings is 7. The van der Waals surface area contributed by atoms with Crippen LogP contribution in [0.5, 0.6) is 0 Å². The number of fused-ring (bicyclic) bond motifs is 5. The lowest BCUT2D eigenvalue weighted by atomic mass is 9.80. The Balaban J connectivity index is 1.31. The lowest BCUT2D eigenvalue weighted by Crippen LogP contribution is -2.14. The lowest BCUT2D eigenvalue weighted by Gasteiger charge is -2.23. The summed E-state index contributed by atoms with van der Waals surface area (Å²) in [6.45, 7) is 9.22. The largest absolute Gasteiger partial charge is 0.0619 e. The van der Waals surface area contributed by atoms with Crippen LogP contribution in [0.1, 0.15) is 50.3 Å². The molecule has 0 fully saturated rings. The third-order valence-corrected chi connectivity index (χ3v) is 9.89. The molecule has 0 saturated carbocycles. The molecular weight excluding hydrogens is 528 g/mol. The molecule has 7 aromatic rings. The van der Waals surface area contributed by atoms with Crippen LogP contribution in [0, 0.1) is 0 Å². The molecule has 0 radical (unpaired) electrons. The van der Waals surface area contributed by atoms with Crippen LogP contribution >= 0.6 is 0 Å². The highest BCUT2D eigenvalue weighted by Gasteiger charge is 2.35. The average molecular weight is 565 g/mol. The van der Waals surface area contributed by atoms with Gasteiger partial charge in [-0.05, 0) is 94.7 Å². The molecule has 0 atom stereocenters. The number of rotatable bonds is 4. The van der Waals surface area contributed by atoms with Crippen molar-refractivity contribution in [3.63, 3.8) is 0 Å². The smallest absolute Gasteiger partial charge is 0.0159 e. The van der Waals surface area contributed by atoms with Crippen molar-refractivity contribution in [2.45, 2.75) is 39.0 Å². The highest BCUT2D eigenvalue weighted by atomic mass is 14.4. The second-order valence-electron chi connectivity index (χ2n) is 13.1. The number of hydrogen-bond acceptors (Lipinski definition) is 0. The van der Waals surface area contributed by atoms with Crippen LogP contribution < -0.4 is 0 Å². The highest BCUT2D eigenvalue weighted by molar-refractivity contribution is 6.21. The van der Waals surface area contributed by atoms with E-state index >= 15 is 0 Å². The van der Waals surface area contributed by atoms with Crippen molar-refractivity contribution in [3.8, 4) is 44.5 Å². The molecule has 0 nitrogen and oxygen atoms in total. The monoisotopic (exact) mass is 564 g/mol. The number of hydrogen-bond donors (Lipinski definition) is 0. The Labute approximate surface area is 260 Å². The second-order valence-corrected chi connectivity index (χ2v) is 13.1. The van der Waals surface area contributed by atoms with Gasteiger partial charge in [0.15, 0.2) is 0 Å². The van der Waals surface area contributed by atoms with Crippen LogP contribution in [-0.2, 0) is 5.41 Å². The van der Waals surface area contributed by atoms with Crippen molar-refractivity contribution in [1.82, 2.24) is 0 Å². The van der Waals surface area contributed by atoms with Crippen LogP contribution in [0.2, 0.25) is 0 Å². The van der Waals surface area contributed by atoms with E-state index in [1.807, 2.05) is 0 Å². The Bertz CT molecular complexity index is 2140. The van der Waals surface area contributed by atoms with Crippen molar-refractivity contribution in [3.05, 3.63) is 156 Å². The molecule has 0 saturated heterocycles. The first kappa shape index (κ1) is 26.7. The zero-order valence-electron chi connectivity index (χ0n) is 25.9. The third-order valence-electron chi connectivity index (χ3n) is 9.89. The molecule has 7 aromatic carbocycles. The van der Waals surface area contributed by atoms with Gasteiger partial charge in [-0.1, -0.05) is 161 Å². The Hall–Kier alpha value is -4.94. The zero-order chi connectivity index (χ0) is 30.0. The van der Waals surface area contributed by atoms with Crippen LogP contribution in [0.25, 0.3) is 66.1 Å². The van der Waals surface area contributed by atoms with Gasteiger partial charge in [0.05, 0.1) is 0 Å². The van der Waals surface area contributed by atoms with Crippen LogP contribution in [-0.4, -0.2) is 0 Å². The first-order valence-corrected chi connectivity index (χ1v) is 15.8. The molecule has 212 valence electrons. The van der Waals surface area contributed by atoms with Crippen molar-refractivity contribution >= 4 is 21.5 Å². The van der Waals surface area contributed by atoms with Gasteiger partial charge in [-0.15, -0.1) is 0 Å². The van der Waals surface area contributed by atoms with Gasteiger partial charge in [-0.25, -0.2) is 0 Å². The Morgan fingerprint density at radius 1 is 0.409 bits per heavy atom. The summed E-state index contributed by atoms with van der Waals surface area (Å²) in [4.78, 5) is 0. The van der Waals surface area contributed by atoms with E-state index in [4.69, 9.17) is 0 Å². The predicted molar refractivity (Wildman–Crippen MR) is 189 cm³/mol. The molecule has 0 unspecified atom stereocenters. The molecule has 8 rings (SSSR count). The summed E-state index contributed by atoms with van der Waals surface area (Å²) >= 11 is 0. The molecule has 0 heterocycles. The molecule has 0 N–H and O–H groups in total. The maximum atomic E-state index is 2.46. The van der Waals surface area contributed by atoms with E-state index < -0.39 is 0 Å². The molecule has 0 bridgehead atoms. The summed E-state index contributed by atoms with van der Waals surface area (Å²) < 4.78 is 0. The molecule has 0 heteroatoms. The SMILES string of the molecule is CC(C)c1ccc(-c2ccc(-c3c4ccccc4c(-c4ccc5c(c4)C(C)(C)c4ccccc4-5)c4ccccc34)cc2)cc1. The fourth-order valence-electron chi connectivity index (χ4n) is 7.50. The minimum atomic E-state index is -0.0374. The van der Waals surface area contributed by atoms with Crippen molar-refractivity contribution in [2.24, 2.45) is 0 Å². The Morgan fingerprint density at radius 3 is 1.41 bits per heavy atom. The summed E-state index contributed by atoms with van der Waals surface area (Å²) in [5, 5.41) is 5.17. The standard InChI is InChI=1S/C44H36/c1-28(2)29-17-19-30(20-18-29)31-21-23-32(24-22-31)42-36-12-5-7-14-38(36)43(39-15-8-6-13-37(39)42)33-25-26-35-34-11-9-10-16-40(34)44(3,4)41(35)27-33/h5-28H,1-4H3. The van der Waals surface area contributed by atoms with Gasteiger partial charge in [-0.2, -0.15) is 0 Å². The molecule has 1 aliphatic rings. The van der Waals surface area contributed by atoms with E-state index in [0.29, 0.717) is 5.92 Å². The predicted octanol–water partition coefficient (Wildman–Crippen LogP) is 12.4. The summed E-state index contributed by atoms with van der Waals surface area (Å²) in [7, 11) is 0. The molecule has 0 aromatic heterocycles. The van der Waals surface area contributed by atoms with E-state index in [9.17, 15) is 0 Å². The molecule has 0 aliphatic heterocycles. The van der Waals surface area contributed by atoms with E-state index in [2.05, 4.69) is 167 Å². The lowest BCUT2D eigenvalue weighted by molar-refractivity contribution is 0.660. The van der Waals surface area contributed by atoms with Crippen molar-refractivity contribution < 1.29 is 0 Å². The first-order valence-electron chi connectivity index (χ1n) is 15.8. The van der Waals surface area contributed by atoms with Crippen molar-refractivity contribution in [2.75, 3.05) is 0 Å². The van der Waals surface area contributed by atoms with Crippen LogP contribution in [0.3, 0.4) is 0 Å². The molecule has 0 amide bonds. The normalized spacial score (nSPS) is 13.4. The van der Waals surface area contributed by atoms with Gasteiger partial charge >= 0.3 is 0 Å². The fourth-order valence-corrected chi connectivity index (χ4v) is 7.50. The fraction of sp³-hybridized carbons (Fsp3) is 0.136. The van der Waals surface area contributed by atoms with Gasteiger partial charge in [0.2, 0.25) is 0 Å². The van der Waals surface area contributed by atoms with Crippen LogP contribution in [0.15, 0.2) is 140 Å². The zero-order valence-corrected chi connectivity index (χ0v) is 25.9. The Morgan fingerprint density at radius 2 is 0.841 bits per heavy atom. The quantitative estimate of drug-likeness (QED) is 0.187. The van der Waals surface area contributed by atoms with E-state index in [1.54, 1.807) is 0 Å². The maximum absolute atomic E-state index is 2.46. The van der Waals surface area contributed by atoms with E-state index in [1.165, 1.54) is 82.7 Å². The van der Waals surface area contributed by atoms with Gasteiger partial charge in [0.1, 0.15) is 0 Å². The summed E-state index contributed by atoms with van der Waals surface area (Å²) in [6, 6.07) is 52.1. The molecule has 44 heavy (non-hydrogen) atoms. The van der Waals surface area contributed by atoms with E-state index in [0.717, 1.165) is 0 Å². The summed E-state index contributed by atoms with van der Waals surface area (Å²) in [5.74, 6) is 0.538. The summed E-state index contributed by atoms with van der Waals surface area (Å²) in [5.41, 5.74) is 14.5. The van der Waals surface area contributed by atoms with Gasteiger partial charge in [0.25, 0.3) is 0 Å². The molecular formula is C44H36. The van der Waals surface area contributed by atoms with Crippen molar-refractivity contribution in [1.29, 1.82) is 0 Å².